The number of rotatable bonds is 3. The van der Waals surface area contributed by atoms with E-state index >= 15 is 0 Å². The van der Waals surface area contributed by atoms with Gasteiger partial charge in [0.25, 0.3) is 0 Å². The number of H-pyrrole nitrogens is 1. The molecule has 2 aromatic heterocycles. The van der Waals surface area contributed by atoms with Gasteiger partial charge in [0.15, 0.2) is 5.82 Å². The van der Waals surface area contributed by atoms with Crippen LogP contribution in [0.15, 0.2) is 14.8 Å². The fraction of sp³-hybridized carbons (Fsp3) is 0.286. The van der Waals surface area contributed by atoms with Gasteiger partial charge in [-0.1, -0.05) is 5.16 Å². The Hall–Kier alpha value is -1.63. The summed E-state index contributed by atoms with van der Waals surface area (Å²) < 4.78 is 9.62. The second-order valence-corrected chi connectivity index (χ2v) is 3.22. The Labute approximate surface area is 82.5 Å². The molecule has 0 fully saturated rings. The van der Waals surface area contributed by atoms with Crippen molar-refractivity contribution < 1.29 is 9.26 Å². The summed E-state index contributed by atoms with van der Waals surface area (Å²) >= 11 is 1.33. The van der Waals surface area contributed by atoms with E-state index in [2.05, 4.69) is 19.6 Å². The highest BCUT2D eigenvalue weighted by Crippen LogP contribution is 2.29. The SMILES string of the molecule is CCOc1ncsc1-c1noc(=O)[nH]1. The number of hydrogen-bond acceptors (Lipinski definition) is 6. The molecule has 1 N–H and O–H groups in total. The van der Waals surface area contributed by atoms with Gasteiger partial charge in [0, 0.05) is 0 Å². The molecule has 0 spiro atoms. The van der Waals surface area contributed by atoms with Gasteiger partial charge >= 0.3 is 5.76 Å². The summed E-state index contributed by atoms with van der Waals surface area (Å²) in [4.78, 5) is 17.8. The van der Waals surface area contributed by atoms with Gasteiger partial charge in [-0.25, -0.2) is 9.78 Å². The Morgan fingerprint density at radius 1 is 1.71 bits per heavy atom. The average molecular weight is 213 g/mol. The van der Waals surface area contributed by atoms with Crippen LogP contribution in [0.5, 0.6) is 5.88 Å². The highest BCUT2D eigenvalue weighted by atomic mass is 32.1. The zero-order valence-corrected chi connectivity index (χ0v) is 8.13. The van der Waals surface area contributed by atoms with E-state index in [4.69, 9.17) is 4.74 Å². The maximum Gasteiger partial charge on any atom is 0.439 e. The number of nitrogens with zero attached hydrogens (tertiary/aromatic N) is 2. The Morgan fingerprint density at radius 3 is 3.21 bits per heavy atom. The summed E-state index contributed by atoms with van der Waals surface area (Å²) in [7, 11) is 0. The summed E-state index contributed by atoms with van der Waals surface area (Å²) in [5.74, 6) is 0.221. The van der Waals surface area contributed by atoms with E-state index in [1.54, 1.807) is 5.51 Å². The summed E-state index contributed by atoms with van der Waals surface area (Å²) in [5, 5.41) is 3.55. The molecule has 0 saturated carbocycles. The van der Waals surface area contributed by atoms with Gasteiger partial charge in [-0.2, -0.15) is 0 Å². The topological polar surface area (TPSA) is 81.0 Å². The van der Waals surface area contributed by atoms with Crippen molar-refractivity contribution >= 4 is 11.3 Å². The Balaban J connectivity index is 2.40. The van der Waals surface area contributed by atoms with Crippen LogP contribution in [0.2, 0.25) is 0 Å². The largest absolute Gasteiger partial charge is 0.477 e. The molecule has 0 bridgehead atoms. The summed E-state index contributed by atoms with van der Waals surface area (Å²) in [6, 6.07) is 0. The minimum absolute atomic E-state index is 0.348. The molecule has 0 aliphatic carbocycles. The smallest absolute Gasteiger partial charge is 0.439 e. The van der Waals surface area contributed by atoms with Crippen LogP contribution in [0, 0.1) is 0 Å². The molecule has 0 atom stereocenters. The highest BCUT2D eigenvalue weighted by Gasteiger charge is 2.13. The minimum Gasteiger partial charge on any atom is -0.477 e. The molecule has 2 aromatic rings. The minimum atomic E-state index is -0.587. The molecule has 0 amide bonds. The van der Waals surface area contributed by atoms with Crippen molar-refractivity contribution in [1.29, 1.82) is 0 Å². The third-order valence-electron chi connectivity index (χ3n) is 1.47. The molecule has 14 heavy (non-hydrogen) atoms. The number of aromatic amines is 1. The normalized spacial score (nSPS) is 10.4. The van der Waals surface area contributed by atoms with Crippen LogP contribution < -0.4 is 10.5 Å². The summed E-state index contributed by atoms with van der Waals surface area (Å²) in [5.41, 5.74) is 1.62. The molecule has 0 aliphatic heterocycles. The van der Waals surface area contributed by atoms with E-state index in [1.807, 2.05) is 6.92 Å². The Morgan fingerprint density at radius 2 is 2.57 bits per heavy atom. The lowest BCUT2D eigenvalue weighted by molar-refractivity contribution is 0.330. The van der Waals surface area contributed by atoms with Gasteiger partial charge in [-0.3, -0.25) is 9.51 Å². The second kappa shape index (κ2) is 3.62. The zero-order valence-electron chi connectivity index (χ0n) is 7.31. The van der Waals surface area contributed by atoms with E-state index in [1.165, 1.54) is 11.3 Å². The molecular formula is C7H7N3O3S. The lowest BCUT2D eigenvalue weighted by Crippen LogP contribution is -1.96. The molecule has 0 aliphatic rings. The number of thiazole rings is 1. The number of ether oxygens (including phenoxy) is 1. The van der Waals surface area contributed by atoms with Gasteiger partial charge in [-0.05, 0) is 6.92 Å². The molecule has 0 unspecified atom stereocenters. The lowest BCUT2D eigenvalue weighted by Gasteiger charge is -1.98. The van der Waals surface area contributed by atoms with Crippen LogP contribution in [0.4, 0.5) is 0 Å². The quantitative estimate of drug-likeness (QED) is 0.818. The van der Waals surface area contributed by atoms with Crippen LogP contribution in [0.25, 0.3) is 10.7 Å². The summed E-state index contributed by atoms with van der Waals surface area (Å²) in [6.45, 7) is 2.37. The van der Waals surface area contributed by atoms with Crippen LogP contribution >= 0.6 is 11.3 Å². The molecule has 2 rings (SSSR count). The van der Waals surface area contributed by atoms with Crippen LogP contribution in [0.3, 0.4) is 0 Å². The van der Waals surface area contributed by atoms with Gasteiger partial charge in [0.1, 0.15) is 4.88 Å². The molecular weight excluding hydrogens is 206 g/mol. The summed E-state index contributed by atoms with van der Waals surface area (Å²) in [6.07, 6.45) is 0. The zero-order chi connectivity index (χ0) is 9.97. The molecule has 0 aromatic carbocycles. The highest BCUT2D eigenvalue weighted by molar-refractivity contribution is 7.13. The average Bonchev–Trinajstić information content (AvgIpc) is 2.74. The van der Waals surface area contributed by atoms with Crippen molar-refractivity contribution in [3.8, 4) is 16.6 Å². The third-order valence-corrected chi connectivity index (χ3v) is 2.29. The molecule has 74 valence electrons. The van der Waals surface area contributed by atoms with Gasteiger partial charge in [0.05, 0.1) is 12.1 Å². The predicted molar refractivity (Wildman–Crippen MR) is 49.4 cm³/mol. The van der Waals surface area contributed by atoms with Crippen LogP contribution in [-0.4, -0.2) is 21.7 Å². The number of aromatic nitrogens is 3. The van der Waals surface area contributed by atoms with Crippen molar-refractivity contribution in [1.82, 2.24) is 15.1 Å². The fourth-order valence-electron chi connectivity index (χ4n) is 0.960. The monoisotopic (exact) mass is 213 g/mol. The molecule has 7 heteroatoms. The molecule has 2 heterocycles. The number of nitrogens with one attached hydrogen (secondary N) is 1. The van der Waals surface area contributed by atoms with E-state index < -0.39 is 5.76 Å². The Kier molecular flexibility index (Phi) is 2.32. The molecule has 6 nitrogen and oxygen atoms in total. The lowest BCUT2D eigenvalue weighted by atomic mass is 10.5. The van der Waals surface area contributed by atoms with Crippen molar-refractivity contribution in [3.63, 3.8) is 0 Å². The van der Waals surface area contributed by atoms with Gasteiger partial charge < -0.3 is 4.74 Å². The first-order valence-corrected chi connectivity index (χ1v) is 4.82. The van der Waals surface area contributed by atoms with E-state index in [-0.39, 0.29) is 0 Å². The first-order valence-electron chi connectivity index (χ1n) is 3.94. The maximum absolute atomic E-state index is 10.7. The van der Waals surface area contributed by atoms with Gasteiger partial charge in [0.2, 0.25) is 5.88 Å². The Bertz CT molecular complexity index is 472. The van der Waals surface area contributed by atoms with Crippen molar-refractivity contribution in [2.24, 2.45) is 0 Å². The molecule has 0 radical (unpaired) electrons. The van der Waals surface area contributed by atoms with E-state index in [0.29, 0.717) is 23.2 Å². The van der Waals surface area contributed by atoms with Crippen molar-refractivity contribution in [2.45, 2.75) is 6.92 Å². The first-order chi connectivity index (χ1) is 6.81. The van der Waals surface area contributed by atoms with Crippen molar-refractivity contribution in [2.75, 3.05) is 6.61 Å². The van der Waals surface area contributed by atoms with Crippen LogP contribution in [-0.2, 0) is 0 Å². The van der Waals surface area contributed by atoms with Crippen LogP contribution in [0.1, 0.15) is 6.92 Å². The maximum atomic E-state index is 10.7. The third kappa shape index (κ3) is 1.53. The molecule has 0 saturated heterocycles. The van der Waals surface area contributed by atoms with E-state index in [9.17, 15) is 4.79 Å². The first kappa shape index (κ1) is 8.95. The van der Waals surface area contributed by atoms with E-state index in [0.717, 1.165) is 0 Å². The van der Waals surface area contributed by atoms with Crippen molar-refractivity contribution in [3.05, 3.63) is 16.1 Å². The standard InChI is InChI=1S/C7H7N3O3S/c1-2-12-6-4(14-3-8-6)5-9-7(11)13-10-5/h3H,2H2,1H3,(H,9,10,11). The number of hydrogen-bond donors (Lipinski definition) is 1. The second-order valence-electron chi connectivity index (χ2n) is 2.36. The predicted octanol–water partition coefficient (Wildman–Crippen LogP) is 0.885. The van der Waals surface area contributed by atoms with Gasteiger partial charge in [-0.15, -0.1) is 11.3 Å². The fourth-order valence-corrected chi connectivity index (χ4v) is 1.63.